The van der Waals surface area contributed by atoms with Crippen molar-refractivity contribution >= 4 is 22.6 Å². The summed E-state index contributed by atoms with van der Waals surface area (Å²) in [6.45, 7) is 3.99. The van der Waals surface area contributed by atoms with Crippen LogP contribution in [0.4, 0.5) is 14.6 Å². The first kappa shape index (κ1) is 19.0. The molecule has 5 rings (SSSR count). The zero-order chi connectivity index (χ0) is 20.8. The van der Waals surface area contributed by atoms with E-state index in [2.05, 4.69) is 27.5 Å². The predicted octanol–water partition coefficient (Wildman–Crippen LogP) is 3.35. The quantitative estimate of drug-likeness (QED) is 0.689. The van der Waals surface area contributed by atoms with E-state index in [1.54, 1.807) is 0 Å². The lowest BCUT2D eigenvalue weighted by Crippen LogP contribution is -2.36. The van der Waals surface area contributed by atoms with Gasteiger partial charge in [-0.1, -0.05) is 25.1 Å². The van der Waals surface area contributed by atoms with Crippen LogP contribution in [0.15, 0.2) is 30.6 Å². The van der Waals surface area contributed by atoms with Gasteiger partial charge in [0.25, 0.3) is 0 Å². The zero-order valence-electron chi connectivity index (χ0n) is 16.5. The number of nitrogens with one attached hydrogen (secondary N) is 2. The molecule has 3 atom stereocenters. The summed E-state index contributed by atoms with van der Waals surface area (Å²) in [5.74, 6) is -1.19. The number of carbonyl (C=O) groups excluding carboxylic acids is 1. The Labute approximate surface area is 171 Å². The van der Waals surface area contributed by atoms with Crippen LogP contribution in [0.3, 0.4) is 0 Å². The Kier molecular flexibility index (Phi) is 4.69. The molecular weight excluding hydrogens is 390 g/mol. The fourth-order valence-corrected chi connectivity index (χ4v) is 4.62. The fraction of sp³-hybridized carbons (Fsp3) is 0.429. The molecule has 2 aliphatic heterocycles. The van der Waals surface area contributed by atoms with E-state index in [1.807, 2.05) is 28.9 Å². The molecule has 2 N–H and O–H groups in total. The molecule has 1 aromatic carbocycles. The molecule has 1 amide bonds. The van der Waals surface area contributed by atoms with Gasteiger partial charge in [-0.05, 0) is 31.5 Å². The van der Waals surface area contributed by atoms with Crippen LogP contribution in [0.25, 0.3) is 22.3 Å². The van der Waals surface area contributed by atoms with Gasteiger partial charge in [0, 0.05) is 17.4 Å². The third-order valence-corrected chi connectivity index (χ3v) is 6.11. The maximum absolute atomic E-state index is 13.9. The smallest absolute Gasteiger partial charge is 0.246 e. The Hall–Kier alpha value is -2.94. The third kappa shape index (κ3) is 3.04. The lowest BCUT2D eigenvalue weighted by Gasteiger charge is -2.30. The van der Waals surface area contributed by atoms with E-state index < -0.39 is 18.3 Å². The van der Waals surface area contributed by atoms with Gasteiger partial charge in [-0.15, -0.1) is 0 Å². The fourth-order valence-electron chi connectivity index (χ4n) is 4.62. The van der Waals surface area contributed by atoms with Gasteiger partial charge in [0.05, 0.1) is 17.5 Å². The van der Waals surface area contributed by atoms with E-state index in [4.69, 9.17) is 5.10 Å². The Morgan fingerprint density at radius 1 is 1.20 bits per heavy atom. The van der Waals surface area contributed by atoms with Crippen molar-refractivity contribution in [1.29, 1.82) is 0 Å². The number of anilines is 1. The summed E-state index contributed by atoms with van der Waals surface area (Å²) >= 11 is 0. The predicted molar refractivity (Wildman–Crippen MR) is 108 cm³/mol. The second kappa shape index (κ2) is 7.39. The second-order valence-corrected chi connectivity index (χ2v) is 8.03. The Morgan fingerprint density at radius 2 is 2.03 bits per heavy atom. The maximum atomic E-state index is 13.9. The monoisotopic (exact) mass is 412 g/mol. The van der Waals surface area contributed by atoms with Crippen LogP contribution in [0.2, 0.25) is 0 Å². The summed E-state index contributed by atoms with van der Waals surface area (Å²) in [7, 11) is 0. The minimum absolute atomic E-state index is 0.149. The average Bonchev–Trinajstić information content (AvgIpc) is 3.12. The molecule has 1 fully saturated rings. The van der Waals surface area contributed by atoms with E-state index in [0.29, 0.717) is 17.3 Å². The third-order valence-electron chi connectivity index (χ3n) is 6.11. The number of rotatable bonds is 3. The highest BCUT2D eigenvalue weighted by molar-refractivity contribution is 5.98. The Bertz CT molecular complexity index is 1110. The highest BCUT2D eigenvalue weighted by Crippen LogP contribution is 2.42. The highest BCUT2D eigenvalue weighted by atomic mass is 19.3. The highest BCUT2D eigenvalue weighted by Gasteiger charge is 2.37. The molecule has 9 heteroatoms. The molecule has 1 saturated heterocycles. The van der Waals surface area contributed by atoms with Crippen LogP contribution in [-0.2, 0) is 4.79 Å². The van der Waals surface area contributed by atoms with Crippen LogP contribution >= 0.6 is 0 Å². The number of piperidine rings is 1. The van der Waals surface area contributed by atoms with Crippen LogP contribution < -0.4 is 10.6 Å². The minimum Gasteiger partial charge on any atom is -0.316 e. The van der Waals surface area contributed by atoms with Crippen LogP contribution in [-0.4, -0.2) is 45.2 Å². The van der Waals surface area contributed by atoms with Gasteiger partial charge in [0.1, 0.15) is 23.5 Å². The number of benzene rings is 1. The molecule has 7 nitrogen and oxygen atoms in total. The van der Waals surface area contributed by atoms with Crippen molar-refractivity contribution in [3.63, 3.8) is 0 Å². The number of hydrogen-bond donors (Lipinski definition) is 2. The van der Waals surface area contributed by atoms with Crippen molar-refractivity contribution in [1.82, 2.24) is 25.1 Å². The zero-order valence-corrected chi connectivity index (χ0v) is 16.5. The average molecular weight is 412 g/mol. The molecule has 3 aromatic rings. The normalized spacial score (nSPS) is 24.1. The number of fused-ring (bicyclic) bond motifs is 2. The summed E-state index contributed by atoms with van der Waals surface area (Å²) < 4.78 is 29.7. The first-order valence-corrected chi connectivity index (χ1v) is 10.2. The van der Waals surface area contributed by atoms with Crippen molar-refractivity contribution in [3.8, 4) is 11.4 Å². The number of hydrogen-bond acceptors (Lipinski definition) is 5. The van der Waals surface area contributed by atoms with Crippen molar-refractivity contribution in [2.75, 3.05) is 18.4 Å². The standard InChI is InChI=1S/C21H22F2N6O/c1-11-9-24-7-6-14(11)29-15-5-3-2-4-12(15)18(28-29)19-17-13(20(22)23)8-16(30)27-21(17)26-10-25-19/h2-5,10-11,13-14,20,24H,6-9H2,1H3,(H,25,26,27,30)/t11-,13+,14+/m1/s1. The van der Waals surface area contributed by atoms with E-state index in [-0.39, 0.29) is 23.8 Å². The van der Waals surface area contributed by atoms with Crippen LogP contribution in [0, 0.1) is 5.92 Å². The molecule has 4 heterocycles. The van der Waals surface area contributed by atoms with Gasteiger partial charge < -0.3 is 10.6 Å². The number of amides is 1. The molecule has 2 aliphatic rings. The Morgan fingerprint density at radius 3 is 2.83 bits per heavy atom. The number of para-hydroxylation sites is 1. The number of halogens is 2. The molecule has 0 aliphatic carbocycles. The van der Waals surface area contributed by atoms with E-state index in [0.717, 1.165) is 30.4 Å². The number of alkyl halides is 2. The largest absolute Gasteiger partial charge is 0.316 e. The molecule has 0 unspecified atom stereocenters. The topological polar surface area (TPSA) is 84.7 Å². The van der Waals surface area contributed by atoms with E-state index in [1.165, 1.54) is 6.33 Å². The molecule has 30 heavy (non-hydrogen) atoms. The van der Waals surface area contributed by atoms with E-state index in [9.17, 15) is 13.6 Å². The number of aromatic nitrogens is 4. The Balaban J connectivity index is 1.72. The lowest BCUT2D eigenvalue weighted by molar-refractivity contribution is -0.117. The van der Waals surface area contributed by atoms with E-state index >= 15 is 0 Å². The van der Waals surface area contributed by atoms with Gasteiger partial charge in [-0.2, -0.15) is 5.10 Å². The van der Waals surface area contributed by atoms with Gasteiger partial charge in [0.15, 0.2) is 0 Å². The molecular formula is C21H22F2N6O. The van der Waals surface area contributed by atoms with Gasteiger partial charge in [-0.25, -0.2) is 18.7 Å². The summed E-state index contributed by atoms with van der Waals surface area (Å²) in [5, 5.41) is 11.8. The number of nitrogens with zero attached hydrogens (tertiary/aromatic N) is 4. The molecule has 0 radical (unpaired) electrons. The van der Waals surface area contributed by atoms with Crippen molar-refractivity contribution in [2.24, 2.45) is 5.92 Å². The van der Waals surface area contributed by atoms with Crippen molar-refractivity contribution in [2.45, 2.75) is 38.2 Å². The van der Waals surface area contributed by atoms with Gasteiger partial charge in [0.2, 0.25) is 12.3 Å². The van der Waals surface area contributed by atoms with Crippen molar-refractivity contribution in [3.05, 3.63) is 36.2 Å². The summed E-state index contributed by atoms with van der Waals surface area (Å²) in [6, 6.07) is 8.00. The second-order valence-electron chi connectivity index (χ2n) is 8.03. The van der Waals surface area contributed by atoms with Gasteiger partial charge >= 0.3 is 0 Å². The maximum Gasteiger partial charge on any atom is 0.246 e. The SMILES string of the molecule is C[C@@H]1CNCC[C@@H]1n1nc(-c2ncnc3c2[C@@H](C(F)F)CC(=O)N3)c2ccccc21. The first-order chi connectivity index (χ1) is 14.5. The molecule has 0 bridgehead atoms. The van der Waals surface area contributed by atoms with Crippen LogP contribution in [0.5, 0.6) is 0 Å². The summed E-state index contributed by atoms with van der Waals surface area (Å²) in [5.41, 5.74) is 2.13. The van der Waals surface area contributed by atoms with Gasteiger partial charge in [-0.3, -0.25) is 9.48 Å². The minimum atomic E-state index is -2.70. The number of carbonyl (C=O) groups is 1. The molecule has 0 spiro atoms. The molecule has 0 saturated carbocycles. The molecule has 156 valence electrons. The van der Waals surface area contributed by atoms with Crippen molar-refractivity contribution < 1.29 is 13.6 Å². The molecule has 2 aromatic heterocycles. The lowest BCUT2D eigenvalue weighted by atomic mass is 9.90. The summed E-state index contributed by atoms with van der Waals surface area (Å²) in [6.07, 6.45) is -0.764. The summed E-state index contributed by atoms with van der Waals surface area (Å²) in [4.78, 5) is 20.3. The first-order valence-electron chi connectivity index (χ1n) is 10.2. The van der Waals surface area contributed by atoms with Crippen LogP contribution in [0.1, 0.15) is 37.3 Å².